The van der Waals surface area contributed by atoms with E-state index in [9.17, 15) is 19.2 Å². The van der Waals surface area contributed by atoms with E-state index in [0.29, 0.717) is 19.1 Å². The van der Waals surface area contributed by atoms with Crippen LogP contribution in [0, 0.1) is 22.7 Å². The molecule has 9 nitrogen and oxygen atoms in total. The van der Waals surface area contributed by atoms with Crippen LogP contribution in [-0.2, 0) is 42.9 Å². The maximum absolute atomic E-state index is 12.3. The molecule has 2 saturated carbocycles. The Morgan fingerprint density at radius 1 is 0.806 bits per heavy atom. The predicted molar refractivity (Wildman–Crippen MR) is 108 cm³/mol. The van der Waals surface area contributed by atoms with Gasteiger partial charge < -0.3 is 28.5 Å². The molecule has 4 atom stereocenters. The van der Waals surface area contributed by atoms with Crippen molar-refractivity contribution >= 4 is 24.2 Å². The van der Waals surface area contributed by atoms with E-state index >= 15 is 0 Å². The summed E-state index contributed by atoms with van der Waals surface area (Å²) in [5, 5.41) is 0. The Balaban J connectivity index is 1.50. The monoisotopic (exact) mass is 438 g/mol. The highest BCUT2D eigenvalue weighted by Gasteiger charge is 2.67. The normalized spacial score (nSPS) is 28.2. The largest absolute Gasteiger partial charge is 0.465 e. The van der Waals surface area contributed by atoms with Crippen LogP contribution in [-0.4, -0.2) is 70.4 Å². The number of carbonyl (C=O) groups excluding carboxylic acids is 4. The molecule has 0 spiro atoms. The lowest BCUT2D eigenvalue weighted by atomic mass is 10.0. The Morgan fingerprint density at radius 3 is 1.77 bits per heavy atom. The Labute approximate surface area is 181 Å². The summed E-state index contributed by atoms with van der Waals surface area (Å²) < 4.78 is 25.8. The third-order valence-corrected chi connectivity index (χ3v) is 5.53. The molecule has 0 aromatic carbocycles. The molecule has 2 aliphatic rings. The lowest BCUT2D eigenvalue weighted by Gasteiger charge is -2.14. The van der Waals surface area contributed by atoms with Crippen molar-refractivity contribution in [2.45, 2.75) is 19.8 Å². The van der Waals surface area contributed by atoms with E-state index in [0.717, 1.165) is 0 Å². The molecule has 0 aromatic heterocycles. The lowest BCUT2D eigenvalue weighted by molar-refractivity contribution is -0.166. The molecule has 2 fully saturated rings. The van der Waals surface area contributed by atoms with Gasteiger partial charge in [0.15, 0.2) is 5.41 Å². The molecule has 0 aromatic rings. The third kappa shape index (κ3) is 5.59. The Morgan fingerprint density at radius 2 is 1.32 bits per heavy atom. The topological polar surface area (TPSA) is 114 Å². The van der Waals surface area contributed by atoms with E-state index in [1.165, 1.54) is 0 Å². The fraction of sp³-hybridized carbons (Fsp3) is 0.636. The second-order valence-electron chi connectivity index (χ2n) is 7.44. The Hall–Kier alpha value is -2.52. The van der Waals surface area contributed by atoms with Gasteiger partial charge in [-0.1, -0.05) is 12.2 Å². The summed E-state index contributed by atoms with van der Waals surface area (Å²) >= 11 is 0. The molecule has 0 amide bonds. The Bertz CT molecular complexity index is 703. The van der Waals surface area contributed by atoms with Crippen molar-refractivity contribution in [2.75, 3.05) is 46.2 Å². The molecule has 0 heterocycles. The van der Waals surface area contributed by atoms with Crippen LogP contribution >= 0.6 is 0 Å². The van der Waals surface area contributed by atoms with Gasteiger partial charge in [-0.15, -0.1) is 13.2 Å². The number of carbonyl (C=O) groups is 4. The van der Waals surface area contributed by atoms with E-state index in [1.54, 1.807) is 19.1 Å². The molecular weight excluding hydrogens is 408 g/mol. The van der Waals surface area contributed by atoms with Crippen molar-refractivity contribution in [3.8, 4) is 0 Å². The average molecular weight is 438 g/mol. The number of hydrogen-bond donors (Lipinski definition) is 0. The number of rotatable bonds is 16. The number of aldehydes is 1. The quantitative estimate of drug-likeness (QED) is 0.0877. The number of allylic oxidation sites excluding steroid dienone is 2. The molecule has 2 rings (SSSR count). The lowest BCUT2D eigenvalue weighted by Crippen LogP contribution is -2.32. The molecule has 0 radical (unpaired) electrons. The van der Waals surface area contributed by atoms with E-state index in [4.69, 9.17) is 23.7 Å². The van der Waals surface area contributed by atoms with Crippen LogP contribution in [0.2, 0.25) is 0 Å². The van der Waals surface area contributed by atoms with Crippen LogP contribution in [0.15, 0.2) is 25.3 Å². The maximum atomic E-state index is 12.3. The first-order valence-electron chi connectivity index (χ1n) is 10.3. The minimum Gasteiger partial charge on any atom is -0.465 e. The van der Waals surface area contributed by atoms with Gasteiger partial charge in [0.2, 0.25) is 0 Å². The van der Waals surface area contributed by atoms with E-state index in [2.05, 4.69) is 13.2 Å². The fourth-order valence-corrected chi connectivity index (χ4v) is 3.37. The molecular formula is C22H30O9. The summed E-state index contributed by atoms with van der Waals surface area (Å²) in [5.74, 6) is -2.19. The highest BCUT2D eigenvalue weighted by molar-refractivity contribution is 6.04. The van der Waals surface area contributed by atoms with Crippen molar-refractivity contribution in [3.05, 3.63) is 25.3 Å². The van der Waals surface area contributed by atoms with Crippen LogP contribution in [0.4, 0.5) is 0 Å². The average Bonchev–Trinajstić information content (AvgIpc) is 3.67. The molecule has 172 valence electrons. The van der Waals surface area contributed by atoms with Gasteiger partial charge in [-0.05, 0) is 19.8 Å². The predicted octanol–water partition coefficient (Wildman–Crippen LogP) is 1.25. The summed E-state index contributed by atoms with van der Waals surface area (Å²) in [5.41, 5.74) is -2.34. The summed E-state index contributed by atoms with van der Waals surface area (Å²) in [7, 11) is 0. The minimum absolute atomic E-state index is 0.000286. The SMILES string of the molecule is C=CC1CC1(C=O)C(=O)OCCOCCOCCOC(=O)C1(C(=O)OCC)CC1C=C. The fourth-order valence-electron chi connectivity index (χ4n) is 3.37. The van der Waals surface area contributed by atoms with Crippen molar-refractivity contribution in [1.82, 2.24) is 0 Å². The highest BCUT2D eigenvalue weighted by Crippen LogP contribution is 2.55. The van der Waals surface area contributed by atoms with Gasteiger partial charge in [0.05, 0.1) is 33.0 Å². The van der Waals surface area contributed by atoms with Gasteiger partial charge in [-0.3, -0.25) is 14.4 Å². The minimum atomic E-state index is -1.27. The number of esters is 3. The second-order valence-corrected chi connectivity index (χ2v) is 7.44. The Kier molecular flexibility index (Phi) is 8.94. The number of ether oxygens (including phenoxy) is 5. The van der Waals surface area contributed by atoms with E-state index in [1.807, 2.05) is 0 Å². The first kappa shape index (κ1) is 24.7. The smallest absolute Gasteiger partial charge is 0.324 e. The molecule has 0 saturated heterocycles. The maximum Gasteiger partial charge on any atom is 0.324 e. The molecule has 2 aliphatic carbocycles. The molecule has 0 aliphatic heterocycles. The molecule has 31 heavy (non-hydrogen) atoms. The van der Waals surface area contributed by atoms with Crippen molar-refractivity contribution in [1.29, 1.82) is 0 Å². The zero-order valence-corrected chi connectivity index (χ0v) is 17.8. The van der Waals surface area contributed by atoms with Crippen LogP contribution in [0.5, 0.6) is 0 Å². The van der Waals surface area contributed by atoms with E-state index < -0.39 is 28.7 Å². The summed E-state index contributed by atoms with van der Waals surface area (Å²) in [6.45, 7) is 9.94. The van der Waals surface area contributed by atoms with E-state index in [-0.39, 0.29) is 58.1 Å². The highest BCUT2D eigenvalue weighted by atomic mass is 16.6. The zero-order valence-electron chi connectivity index (χ0n) is 17.8. The molecule has 4 unspecified atom stereocenters. The van der Waals surface area contributed by atoms with Gasteiger partial charge in [0, 0.05) is 11.8 Å². The molecule has 9 heteroatoms. The van der Waals surface area contributed by atoms with Gasteiger partial charge in [-0.25, -0.2) is 0 Å². The van der Waals surface area contributed by atoms with Crippen LogP contribution in [0.1, 0.15) is 19.8 Å². The van der Waals surface area contributed by atoms with Gasteiger partial charge >= 0.3 is 17.9 Å². The summed E-state index contributed by atoms with van der Waals surface area (Å²) in [6, 6.07) is 0. The van der Waals surface area contributed by atoms with Crippen molar-refractivity contribution in [3.63, 3.8) is 0 Å². The number of hydrogen-bond acceptors (Lipinski definition) is 9. The van der Waals surface area contributed by atoms with Crippen molar-refractivity contribution in [2.24, 2.45) is 22.7 Å². The van der Waals surface area contributed by atoms with Crippen LogP contribution in [0.3, 0.4) is 0 Å². The van der Waals surface area contributed by atoms with Gasteiger partial charge in [0.25, 0.3) is 0 Å². The standard InChI is InChI=1S/C22H30O9/c1-4-16-13-21(16,15-23)18(24)30-11-9-27-7-8-28-10-12-31-20(26)22(14-17(22)5-2)19(25)29-6-3/h4-5,15-17H,1-2,6-14H2,3H3. The van der Waals surface area contributed by atoms with Gasteiger partial charge in [0.1, 0.15) is 24.9 Å². The van der Waals surface area contributed by atoms with Crippen LogP contribution in [0.25, 0.3) is 0 Å². The van der Waals surface area contributed by atoms with Crippen molar-refractivity contribution < 1.29 is 42.9 Å². The summed E-state index contributed by atoms with van der Waals surface area (Å²) in [6.07, 6.45) is 4.55. The summed E-state index contributed by atoms with van der Waals surface area (Å²) in [4.78, 5) is 47.4. The first-order chi connectivity index (χ1) is 14.9. The molecule has 0 N–H and O–H groups in total. The zero-order chi connectivity index (χ0) is 22.9. The molecule has 0 bridgehead atoms. The third-order valence-electron chi connectivity index (χ3n) is 5.53. The van der Waals surface area contributed by atoms with Crippen LogP contribution < -0.4 is 0 Å². The van der Waals surface area contributed by atoms with Gasteiger partial charge in [-0.2, -0.15) is 0 Å². The first-order valence-corrected chi connectivity index (χ1v) is 10.3. The second kappa shape index (κ2) is 11.2.